The fourth-order valence-corrected chi connectivity index (χ4v) is 4.35. The zero-order valence-electron chi connectivity index (χ0n) is 16.8. The van der Waals surface area contributed by atoms with Gasteiger partial charge in [-0.2, -0.15) is 0 Å². The van der Waals surface area contributed by atoms with Gasteiger partial charge in [-0.05, 0) is 36.6 Å². The van der Waals surface area contributed by atoms with Gasteiger partial charge in [-0.3, -0.25) is 9.69 Å². The van der Waals surface area contributed by atoms with Crippen molar-refractivity contribution in [2.24, 2.45) is 0 Å². The molecule has 0 radical (unpaired) electrons. The number of anilines is 1. The van der Waals surface area contributed by atoms with Gasteiger partial charge in [-0.15, -0.1) is 0 Å². The first kappa shape index (κ1) is 18.8. The van der Waals surface area contributed by atoms with Crippen LogP contribution < -0.4 is 9.64 Å². The number of hydrogen-bond acceptors (Lipinski definition) is 4. The Balaban J connectivity index is 1.36. The van der Waals surface area contributed by atoms with Crippen LogP contribution in [0.25, 0.3) is 0 Å². The molecule has 0 aliphatic carbocycles. The first-order valence-electron chi connectivity index (χ1n) is 10.1. The number of piperazine rings is 1. The van der Waals surface area contributed by atoms with E-state index in [1.807, 2.05) is 23.1 Å². The first-order chi connectivity index (χ1) is 13.7. The molecule has 5 nitrogen and oxygen atoms in total. The summed E-state index contributed by atoms with van der Waals surface area (Å²) < 4.78 is 5.50. The molecule has 1 amide bonds. The van der Waals surface area contributed by atoms with Crippen LogP contribution in [-0.2, 0) is 17.8 Å². The molecule has 0 bridgehead atoms. The van der Waals surface area contributed by atoms with Crippen LogP contribution >= 0.6 is 0 Å². The maximum atomic E-state index is 13.1. The Morgan fingerprint density at radius 3 is 2.36 bits per heavy atom. The Kier molecular flexibility index (Phi) is 5.53. The fraction of sp³-hybridized carbons (Fsp3) is 0.435. The summed E-state index contributed by atoms with van der Waals surface area (Å²) in [5, 5.41) is 0. The molecule has 2 aliphatic rings. The van der Waals surface area contributed by atoms with E-state index in [9.17, 15) is 4.79 Å². The van der Waals surface area contributed by atoms with Crippen molar-refractivity contribution in [1.82, 2.24) is 9.80 Å². The van der Waals surface area contributed by atoms with Crippen LogP contribution in [0, 0.1) is 0 Å². The monoisotopic (exact) mass is 379 g/mol. The standard InChI is InChI=1S/C23H29N3O2/c1-18(23(27)26-12-11-19-7-3-4-8-20(19)17-26)24-13-15-25(16-14-24)21-9-5-6-10-22(21)28-2/h3-10,18H,11-17H2,1-2H3/t18-/m0/s1. The quantitative estimate of drug-likeness (QED) is 0.819. The van der Waals surface area contributed by atoms with Crippen LogP contribution in [0.1, 0.15) is 18.1 Å². The summed E-state index contributed by atoms with van der Waals surface area (Å²) in [4.78, 5) is 19.8. The van der Waals surface area contributed by atoms with Crippen LogP contribution in [0.3, 0.4) is 0 Å². The van der Waals surface area contributed by atoms with Crippen molar-refractivity contribution < 1.29 is 9.53 Å². The third-order valence-electron chi connectivity index (χ3n) is 6.09. The Morgan fingerprint density at radius 1 is 0.929 bits per heavy atom. The van der Waals surface area contributed by atoms with Crippen molar-refractivity contribution >= 4 is 11.6 Å². The number of para-hydroxylation sites is 2. The van der Waals surface area contributed by atoms with E-state index in [1.54, 1.807) is 7.11 Å². The topological polar surface area (TPSA) is 36.0 Å². The van der Waals surface area contributed by atoms with Gasteiger partial charge >= 0.3 is 0 Å². The van der Waals surface area contributed by atoms with Crippen molar-refractivity contribution in [3.05, 3.63) is 59.7 Å². The van der Waals surface area contributed by atoms with Gasteiger partial charge in [0.25, 0.3) is 0 Å². The van der Waals surface area contributed by atoms with Gasteiger partial charge < -0.3 is 14.5 Å². The maximum absolute atomic E-state index is 13.1. The molecule has 2 heterocycles. The molecule has 5 heteroatoms. The molecule has 2 aliphatic heterocycles. The zero-order valence-corrected chi connectivity index (χ0v) is 16.8. The number of fused-ring (bicyclic) bond motifs is 1. The van der Waals surface area contributed by atoms with Crippen LogP contribution in [0.15, 0.2) is 48.5 Å². The summed E-state index contributed by atoms with van der Waals surface area (Å²) >= 11 is 0. The summed E-state index contributed by atoms with van der Waals surface area (Å²) in [6.45, 7) is 7.19. The van der Waals surface area contributed by atoms with Crippen molar-refractivity contribution in [2.45, 2.75) is 25.9 Å². The van der Waals surface area contributed by atoms with Crippen molar-refractivity contribution in [3.8, 4) is 5.75 Å². The minimum atomic E-state index is -0.0786. The molecule has 4 rings (SSSR count). The van der Waals surface area contributed by atoms with Crippen molar-refractivity contribution in [3.63, 3.8) is 0 Å². The largest absolute Gasteiger partial charge is 0.495 e. The smallest absolute Gasteiger partial charge is 0.239 e. The van der Waals surface area contributed by atoms with E-state index >= 15 is 0 Å². The Labute approximate surface area is 167 Å². The number of ether oxygens (including phenoxy) is 1. The average molecular weight is 380 g/mol. The maximum Gasteiger partial charge on any atom is 0.239 e. The molecule has 0 unspecified atom stereocenters. The van der Waals surface area contributed by atoms with Crippen LogP contribution in [-0.4, -0.2) is 61.6 Å². The third-order valence-corrected chi connectivity index (χ3v) is 6.09. The SMILES string of the molecule is COc1ccccc1N1CCN([C@@H](C)C(=O)N2CCc3ccccc3C2)CC1. The molecule has 1 atom stereocenters. The molecule has 1 saturated heterocycles. The van der Waals surface area contributed by atoms with Crippen molar-refractivity contribution in [2.75, 3.05) is 44.7 Å². The molecule has 2 aromatic carbocycles. The van der Waals surface area contributed by atoms with E-state index in [-0.39, 0.29) is 11.9 Å². The predicted octanol–water partition coefficient (Wildman–Crippen LogP) is 2.79. The number of hydrogen-bond donors (Lipinski definition) is 0. The molecule has 0 N–H and O–H groups in total. The number of carbonyl (C=O) groups excluding carboxylic acids is 1. The summed E-state index contributed by atoms with van der Waals surface area (Å²) in [5.74, 6) is 1.16. The third kappa shape index (κ3) is 3.72. The Hall–Kier alpha value is -2.53. The number of benzene rings is 2. The van der Waals surface area contributed by atoms with Gasteiger partial charge in [0.1, 0.15) is 5.75 Å². The highest BCUT2D eigenvalue weighted by Crippen LogP contribution is 2.29. The van der Waals surface area contributed by atoms with Crippen LogP contribution in [0.5, 0.6) is 5.75 Å². The van der Waals surface area contributed by atoms with Crippen LogP contribution in [0.4, 0.5) is 5.69 Å². The average Bonchev–Trinajstić information content (AvgIpc) is 2.77. The Bertz CT molecular complexity index is 830. The molecule has 2 aromatic rings. The first-order valence-corrected chi connectivity index (χ1v) is 10.1. The summed E-state index contributed by atoms with van der Waals surface area (Å²) in [5.41, 5.74) is 3.80. The predicted molar refractivity (Wildman–Crippen MR) is 112 cm³/mol. The summed E-state index contributed by atoms with van der Waals surface area (Å²) in [6, 6.07) is 16.5. The normalized spacial score (nSPS) is 18.5. The molecule has 28 heavy (non-hydrogen) atoms. The van der Waals surface area contributed by atoms with E-state index in [1.165, 1.54) is 11.1 Å². The highest BCUT2D eigenvalue weighted by Gasteiger charge is 2.30. The van der Waals surface area contributed by atoms with E-state index in [0.29, 0.717) is 0 Å². The minimum Gasteiger partial charge on any atom is -0.495 e. The summed E-state index contributed by atoms with van der Waals surface area (Å²) in [6.07, 6.45) is 0.955. The number of amides is 1. The second-order valence-electron chi connectivity index (χ2n) is 7.65. The number of rotatable bonds is 4. The molecule has 0 spiro atoms. The molecular weight excluding hydrogens is 350 g/mol. The highest BCUT2D eigenvalue weighted by molar-refractivity contribution is 5.81. The van der Waals surface area contributed by atoms with Crippen LogP contribution in [0.2, 0.25) is 0 Å². The minimum absolute atomic E-state index is 0.0786. The van der Waals surface area contributed by atoms with Gasteiger partial charge in [0.05, 0.1) is 18.8 Å². The number of nitrogens with zero attached hydrogens (tertiary/aromatic N) is 3. The van der Waals surface area contributed by atoms with Gasteiger partial charge in [-0.1, -0.05) is 36.4 Å². The number of carbonyl (C=O) groups is 1. The molecule has 0 aromatic heterocycles. The van der Waals surface area contributed by atoms with E-state index < -0.39 is 0 Å². The molecule has 0 saturated carbocycles. The lowest BCUT2D eigenvalue weighted by atomic mass is 9.99. The molecule has 1 fully saturated rings. The van der Waals surface area contributed by atoms with E-state index in [4.69, 9.17) is 4.74 Å². The lowest BCUT2D eigenvalue weighted by Crippen LogP contribution is -2.55. The summed E-state index contributed by atoms with van der Waals surface area (Å²) in [7, 11) is 1.71. The molecular formula is C23H29N3O2. The van der Waals surface area contributed by atoms with E-state index in [2.05, 4.69) is 47.1 Å². The van der Waals surface area contributed by atoms with Gasteiger partial charge in [-0.25, -0.2) is 0 Å². The lowest BCUT2D eigenvalue weighted by molar-refractivity contribution is -0.137. The van der Waals surface area contributed by atoms with Gasteiger partial charge in [0, 0.05) is 39.3 Å². The second-order valence-corrected chi connectivity index (χ2v) is 7.65. The Morgan fingerprint density at radius 2 is 1.61 bits per heavy atom. The van der Waals surface area contributed by atoms with Gasteiger partial charge in [0.15, 0.2) is 0 Å². The zero-order chi connectivity index (χ0) is 19.5. The van der Waals surface area contributed by atoms with Crippen molar-refractivity contribution in [1.29, 1.82) is 0 Å². The number of methoxy groups -OCH3 is 1. The second kappa shape index (κ2) is 8.23. The molecule has 148 valence electrons. The van der Waals surface area contributed by atoms with E-state index in [0.717, 1.165) is 57.1 Å². The lowest BCUT2D eigenvalue weighted by Gasteiger charge is -2.40. The van der Waals surface area contributed by atoms with Gasteiger partial charge in [0.2, 0.25) is 5.91 Å². The highest BCUT2D eigenvalue weighted by atomic mass is 16.5. The fourth-order valence-electron chi connectivity index (χ4n) is 4.35.